The molecule has 1 amide bonds. The lowest BCUT2D eigenvalue weighted by Gasteiger charge is -2.43. The minimum atomic E-state index is -2.07. The summed E-state index contributed by atoms with van der Waals surface area (Å²) in [6, 6.07) is 3.98. The molecule has 2 saturated heterocycles. The molecule has 0 aliphatic carbocycles. The number of fused-ring (bicyclic) bond motifs is 1. The lowest BCUT2D eigenvalue weighted by molar-refractivity contribution is -0.140. The number of benzene rings is 1. The van der Waals surface area contributed by atoms with Crippen molar-refractivity contribution >= 4 is 14.2 Å². The van der Waals surface area contributed by atoms with E-state index in [1.165, 1.54) is 0 Å². The van der Waals surface area contributed by atoms with Crippen molar-refractivity contribution in [2.24, 2.45) is 0 Å². The maximum Gasteiger partial charge on any atom is 0.255 e. The van der Waals surface area contributed by atoms with Crippen LogP contribution in [0.15, 0.2) is 12.1 Å². The minimum absolute atomic E-state index is 0.197. The Labute approximate surface area is 204 Å². The van der Waals surface area contributed by atoms with Gasteiger partial charge in [-0.05, 0) is 46.3 Å². The molecule has 3 aliphatic heterocycles. The first-order valence-corrected chi connectivity index (χ1v) is 14.7. The zero-order chi connectivity index (χ0) is 25.0. The van der Waals surface area contributed by atoms with Gasteiger partial charge in [0.05, 0.1) is 26.9 Å². The Bertz CT molecular complexity index is 912. The molecule has 0 radical (unpaired) electrons. The molecule has 4 atom stereocenters. The van der Waals surface area contributed by atoms with E-state index in [1.54, 1.807) is 14.2 Å². The summed E-state index contributed by atoms with van der Waals surface area (Å²) in [6.07, 6.45) is -0.696. The van der Waals surface area contributed by atoms with Crippen LogP contribution in [0.4, 0.5) is 0 Å². The van der Waals surface area contributed by atoms with Crippen LogP contribution in [0.5, 0.6) is 11.5 Å². The summed E-state index contributed by atoms with van der Waals surface area (Å²) in [5, 5.41) is 11.0. The van der Waals surface area contributed by atoms with Crippen LogP contribution >= 0.6 is 0 Å². The molecule has 3 heterocycles. The number of aliphatic hydroxyl groups is 1. The number of methoxy groups -OCH3 is 2. The van der Waals surface area contributed by atoms with Gasteiger partial charge < -0.3 is 28.6 Å². The van der Waals surface area contributed by atoms with Crippen molar-refractivity contribution in [3.8, 4) is 11.5 Å². The SMILES string of the molecule is COc1cc2c(cc1OC)C13C[C@H](CO[Si](C(C)C)(C(C)C)C(C)C)OC1[C@@H](O)C(=O)N3CC2. The van der Waals surface area contributed by atoms with Gasteiger partial charge in [0, 0.05) is 13.0 Å². The number of ether oxygens (including phenoxy) is 3. The summed E-state index contributed by atoms with van der Waals surface area (Å²) < 4.78 is 24.4. The second-order valence-electron chi connectivity index (χ2n) is 11.0. The first-order chi connectivity index (χ1) is 16.0. The third kappa shape index (κ3) is 3.52. The van der Waals surface area contributed by atoms with E-state index in [4.69, 9.17) is 18.6 Å². The molecule has 8 heteroatoms. The van der Waals surface area contributed by atoms with Crippen LogP contribution in [-0.2, 0) is 25.9 Å². The average molecular weight is 492 g/mol. The first kappa shape index (κ1) is 25.5. The van der Waals surface area contributed by atoms with Gasteiger partial charge in [0.2, 0.25) is 0 Å². The molecule has 190 valence electrons. The summed E-state index contributed by atoms with van der Waals surface area (Å²) >= 11 is 0. The fourth-order valence-electron chi connectivity index (χ4n) is 7.23. The number of carbonyl (C=O) groups is 1. The highest BCUT2D eigenvalue weighted by molar-refractivity contribution is 6.77. The van der Waals surface area contributed by atoms with Crippen molar-refractivity contribution < 1.29 is 28.5 Å². The molecule has 2 unspecified atom stereocenters. The summed E-state index contributed by atoms with van der Waals surface area (Å²) in [7, 11) is 1.18. The van der Waals surface area contributed by atoms with Crippen LogP contribution in [0.1, 0.15) is 59.1 Å². The van der Waals surface area contributed by atoms with E-state index in [-0.39, 0.29) is 12.0 Å². The quantitative estimate of drug-likeness (QED) is 0.554. The first-order valence-electron chi connectivity index (χ1n) is 12.6. The van der Waals surface area contributed by atoms with Crippen molar-refractivity contribution in [1.29, 1.82) is 0 Å². The molecule has 1 spiro atoms. The van der Waals surface area contributed by atoms with Gasteiger partial charge in [-0.25, -0.2) is 0 Å². The molecule has 1 N–H and O–H groups in total. The predicted octanol–water partition coefficient (Wildman–Crippen LogP) is 4.01. The smallest absolute Gasteiger partial charge is 0.255 e. The van der Waals surface area contributed by atoms with E-state index in [0.717, 1.165) is 11.1 Å². The van der Waals surface area contributed by atoms with Gasteiger partial charge in [0.25, 0.3) is 5.91 Å². The second kappa shape index (κ2) is 9.12. The van der Waals surface area contributed by atoms with Gasteiger partial charge in [0.15, 0.2) is 25.9 Å². The highest BCUT2D eigenvalue weighted by Gasteiger charge is 2.66. The monoisotopic (exact) mass is 491 g/mol. The zero-order valence-corrected chi connectivity index (χ0v) is 22.9. The fourth-order valence-corrected chi connectivity index (χ4v) is 12.7. The minimum Gasteiger partial charge on any atom is -0.493 e. The molecule has 3 aliphatic rings. The van der Waals surface area contributed by atoms with E-state index < -0.39 is 26.1 Å². The Morgan fingerprint density at radius 2 is 1.68 bits per heavy atom. The lowest BCUT2D eigenvalue weighted by atomic mass is 9.76. The molecule has 2 fully saturated rings. The Kier molecular flexibility index (Phi) is 6.83. The Morgan fingerprint density at radius 1 is 1.09 bits per heavy atom. The van der Waals surface area contributed by atoms with Crippen molar-refractivity contribution in [2.45, 2.75) is 94.9 Å². The maximum atomic E-state index is 13.0. The van der Waals surface area contributed by atoms with Crippen LogP contribution in [0, 0.1) is 0 Å². The molecule has 1 aromatic rings. The van der Waals surface area contributed by atoms with Crippen molar-refractivity contribution in [1.82, 2.24) is 4.90 Å². The van der Waals surface area contributed by atoms with E-state index in [0.29, 0.717) is 54.1 Å². The highest BCUT2D eigenvalue weighted by atomic mass is 28.4. The largest absolute Gasteiger partial charge is 0.493 e. The van der Waals surface area contributed by atoms with Crippen molar-refractivity contribution in [3.63, 3.8) is 0 Å². The molecule has 0 bridgehead atoms. The molecular weight excluding hydrogens is 450 g/mol. The fraction of sp³-hybridized carbons (Fsp3) is 0.731. The van der Waals surface area contributed by atoms with Gasteiger partial charge in [-0.15, -0.1) is 0 Å². The standard InChI is InChI=1S/C26H41NO6Si/c1-15(2)34(16(3)4,17(5)6)32-14-19-13-26-20-12-22(31-8)21(30-7)11-18(20)9-10-27(26)25(29)23(28)24(26)33-19/h11-12,15-17,19,23-24,28H,9-10,13-14H2,1-8H3/t19-,23-,24?,26?/m1/s1. The Morgan fingerprint density at radius 3 is 2.24 bits per heavy atom. The van der Waals surface area contributed by atoms with E-state index >= 15 is 0 Å². The van der Waals surface area contributed by atoms with Crippen LogP contribution < -0.4 is 9.47 Å². The van der Waals surface area contributed by atoms with Gasteiger partial charge in [-0.2, -0.15) is 0 Å². The van der Waals surface area contributed by atoms with Crippen molar-refractivity contribution in [3.05, 3.63) is 23.3 Å². The number of hydrogen-bond donors (Lipinski definition) is 1. The third-order valence-electron chi connectivity index (χ3n) is 8.54. The molecular formula is C26H41NO6Si. The molecule has 1 aromatic carbocycles. The molecule has 7 nitrogen and oxygen atoms in total. The predicted molar refractivity (Wildman–Crippen MR) is 133 cm³/mol. The summed E-state index contributed by atoms with van der Waals surface area (Å²) in [4.78, 5) is 14.9. The van der Waals surface area contributed by atoms with Gasteiger partial charge in [-0.3, -0.25) is 4.79 Å². The summed E-state index contributed by atoms with van der Waals surface area (Å²) in [5.41, 5.74) is 2.82. The van der Waals surface area contributed by atoms with Crippen LogP contribution in [0.3, 0.4) is 0 Å². The van der Waals surface area contributed by atoms with Gasteiger partial charge in [0.1, 0.15) is 11.6 Å². The molecule has 0 aromatic heterocycles. The number of nitrogens with zero attached hydrogens (tertiary/aromatic N) is 1. The number of hydrogen-bond acceptors (Lipinski definition) is 6. The van der Waals surface area contributed by atoms with Crippen LogP contribution in [-0.4, -0.2) is 69.9 Å². The summed E-state index contributed by atoms with van der Waals surface area (Å²) in [5.74, 6) is 1.04. The number of amides is 1. The van der Waals surface area contributed by atoms with Crippen molar-refractivity contribution in [2.75, 3.05) is 27.4 Å². The Balaban J connectivity index is 1.70. The maximum absolute atomic E-state index is 13.0. The normalized spacial score (nSPS) is 28.5. The van der Waals surface area contributed by atoms with E-state index in [1.807, 2.05) is 17.0 Å². The number of carbonyl (C=O) groups excluding carboxylic acids is 1. The zero-order valence-electron chi connectivity index (χ0n) is 21.9. The van der Waals surface area contributed by atoms with Crippen LogP contribution in [0.25, 0.3) is 0 Å². The van der Waals surface area contributed by atoms with Crippen LogP contribution in [0.2, 0.25) is 16.6 Å². The third-order valence-corrected chi connectivity index (χ3v) is 14.6. The topological polar surface area (TPSA) is 77.5 Å². The average Bonchev–Trinajstić information content (AvgIpc) is 3.25. The summed E-state index contributed by atoms with van der Waals surface area (Å²) in [6.45, 7) is 14.7. The van der Waals surface area contributed by atoms with E-state index in [9.17, 15) is 9.90 Å². The highest BCUT2D eigenvalue weighted by Crippen LogP contribution is 2.55. The molecule has 4 rings (SSSR count). The lowest BCUT2D eigenvalue weighted by Crippen LogP contribution is -2.51. The van der Waals surface area contributed by atoms with Gasteiger partial charge in [-0.1, -0.05) is 41.5 Å². The molecule has 34 heavy (non-hydrogen) atoms. The second-order valence-corrected chi connectivity index (χ2v) is 16.4. The van der Waals surface area contributed by atoms with Gasteiger partial charge >= 0.3 is 0 Å². The number of rotatable bonds is 8. The number of aliphatic hydroxyl groups excluding tert-OH is 1. The molecule has 0 saturated carbocycles. The Hall–Kier alpha value is -1.61. The van der Waals surface area contributed by atoms with E-state index in [2.05, 4.69) is 41.5 Å².